The number of rotatable bonds is 15. The zero-order valence-electron chi connectivity index (χ0n) is 12.1. The minimum Gasteiger partial charge on any atom is -0.481 e. The van der Waals surface area contributed by atoms with E-state index in [0.717, 1.165) is 51.7 Å². The molecule has 0 bridgehead atoms. The van der Waals surface area contributed by atoms with Crippen LogP contribution in [0.5, 0.6) is 0 Å². The van der Waals surface area contributed by atoms with Gasteiger partial charge in [0.05, 0.1) is 0 Å². The van der Waals surface area contributed by atoms with Gasteiger partial charge in [-0.2, -0.15) is 0 Å². The highest BCUT2D eigenvalue weighted by molar-refractivity contribution is 5.66. The summed E-state index contributed by atoms with van der Waals surface area (Å²) in [6.07, 6.45) is 11.1. The maximum Gasteiger partial charge on any atom is 0.303 e. The molecule has 4 nitrogen and oxygen atoms in total. The lowest BCUT2D eigenvalue weighted by molar-refractivity contribution is -0.137. The van der Waals surface area contributed by atoms with Gasteiger partial charge in [-0.25, -0.2) is 0 Å². The molecule has 0 saturated carbocycles. The molecule has 0 aliphatic rings. The van der Waals surface area contributed by atoms with Crippen molar-refractivity contribution in [3.8, 4) is 0 Å². The topological polar surface area (TPSA) is 66.8 Å². The van der Waals surface area contributed by atoms with Crippen LogP contribution in [0, 0.1) is 0 Å². The Kier molecular flexibility index (Phi) is 15.0. The predicted octanol–water partition coefficient (Wildman–Crippen LogP) is 3.37. The molecule has 0 rings (SSSR count). The van der Waals surface area contributed by atoms with E-state index in [1.54, 1.807) is 0 Å². The second-order valence-corrected chi connectivity index (χ2v) is 5.02. The summed E-state index contributed by atoms with van der Waals surface area (Å²) in [4.78, 5) is 10.3. The minimum absolute atomic E-state index is 0.274. The number of aliphatic carboxylic acids is 1. The van der Waals surface area contributed by atoms with Crippen LogP contribution in [0.15, 0.2) is 0 Å². The van der Waals surface area contributed by atoms with Crippen LogP contribution in [0.3, 0.4) is 0 Å². The summed E-state index contributed by atoms with van der Waals surface area (Å²) >= 11 is 0. The Morgan fingerprint density at radius 3 is 1.74 bits per heavy atom. The number of hydrogen-bond donors (Lipinski definition) is 2. The molecule has 0 aliphatic carbocycles. The van der Waals surface area contributed by atoms with Gasteiger partial charge in [-0.3, -0.25) is 4.79 Å². The molecule has 0 unspecified atom stereocenters. The number of aliphatic hydroxyl groups excluding tert-OH is 1. The van der Waals surface area contributed by atoms with Crippen LogP contribution in [0.25, 0.3) is 0 Å². The molecule has 2 N–H and O–H groups in total. The van der Waals surface area contributed by atoms with E-state index in [4.69, 9.17) is 14.9 Å². The molecule has 0 heterocycles. The number of ether oxygens (including phenoxy) is 1. The normalized spacial score (nSPS) is 10.8. The highest BCUT2D eigenvalue weighted by atomic mass is 16.5. The van der Waals surface area contributed by atoms with Crippen LogP contribution in [-0.4, -0.2) is 36.0 Å². The average Bonchev–Trinajstić information content (AvgIpc) is 2.39. The summed E-state index contributed by atoms with van der Waals surface area (Å²) in [5, 5.41) is 17.1. The molecule has 0 spiro atoms. The van der Waals surface area contributed by atoms with Crippen LogP contribution in [-0.2, 0) is 9.53 Å². The van der Waals surface area contributed by atoms with E-state index in [-0.39, 0.29) is 6.42 Å². The van der Waals surface area contributed by atoms with Crippen molar-refractivity contribution in [3.05, 3.63) is 0 Å². The Balaban J connectivity index is 2.93. The minimum atomic E-state index is -0.708. The van der Waals surface area contributed by atoms with Gasteiger partial charge in [-0.1, -0.05) is 38.5 Å². The first-order valence-corrected chi connectivity index (χ1v) is 7.67. The Morgan fingerprint density at radius 2 is 1.21 bits per heavy atom. The summed E-state index contributed by atoms with van der Waals surface area (Å²) in [5.41, 5.74) is 0. The Morgan fingerprint density at radius 1 is 0.737 bits per heavy atom. The maximum atomic E-state index is 10.3. The van der Waals surface area contributed by atoms with Crippen molar-refractivity contribution in [3.63, 3.8) is 0 Å². The van der Waals surface area contributed by atoms with Gasteiger partial charge in [0.15, 0.2) is 0 Å². The zero-order valence-corrected chi connectivity index (χ0v) is 12.1. The standard InChI is InChI=1S/C15H30O4/c16-12-8-4-2-1-3-5-9-13-19-14-10-6-7-11-15(17)18/h16H,1-14H2,(H,17,18). The van der Waals surface area contributed by atoms with Crippen LogP contribution in [0.2, 0.25) is 0 Å². The van der Waals surface area contributed by atoms with E-state index in [2.05, 4.69) is 0 Å². The number of aliphatic hydroxyl groups is 1. The molecule has 0 aromatic heterocycles. The van der Waals surface area contributed by atoms with Crippen molar-refractivity contribution in [2.75, 3.05) is 19.8 Å². The molecule has 0 radical (unpaired) electrons. The lowest BCUT2D eigenvalue weighted by atomic mass is 10.1. The van der Waals surface area contributed by atoms with Gasteiger partial charge >= 0.3 is 5.97 Å². The number of carboxylic acids is 1. The summed E-state index contributed by atoms with van der Waals surface area (Å²) < 4.78 is 5.51. The second kappa shape index (κ2) is 15.4. The highest BCUT2D eigenvalue weighted by Gasteiger charge is 1.96. The third-order valence-corrected chi connectivity index (χ3v) is 3.13. The summed E-state index contributed by atoms with van der Waals surface area (Å²) in [6, 6.07) is 0. The zero-order chi connectivity index (χ0) is 14.2. The smallest absolute Gasteiger partial charge is 0.303 e. The molecular formula is C15H30O4. The lowest BCUT2D eigenvalue weighted by Crippen LogP contribution is -1.98. The number of carboxylic acid groups (broad SMARTS) is 1. The van der Waals surface area contributed by atoms with Crippen molar-refractivity contribution >= 4 is 5.97 Å². The molecular weight excluding hydrogens is 244 g/mol. The predicted molar refractivity (Wildman–Crippen MR) is 76.3 cm³/mol. The first kappa shape index (κ1) is 18.4. The van der Waals surface area contributed by atoms with E-state index in [1.807, 2.05) is 0 Å². The summed E-state index contributed by atoms with van der Waals surface area (Å²) in [7, 11) is 0. The van der Waals surface area contributed by atoms with E-state index >= 15 is 0 Å². The Bertz CT molecular complexity index is 195. The van der Waals surface area contributed by atoms with Crippen LogP contribution in [0.1, 0.15) is 70.6 Å². The molecule has 0 amide bonds. The van der Waals surface area contributed by atoms with Gasteiger partial charge < -0.3 is 14.9 Å². The van der Waals surface area contributed by atoms with E-state index in [0.29, 0.717) is 6.61 Å². The van der Waals surface area contributed by atoms with Gasteiger partial charge in [-0.15, -0.1) is 0 Å². The Hall–Kier alpha value is -0.610. The van der Waals surface area contributed by atoms with Gasteiger partial charge in [0.25, 0.3) is 0 Å². The molecule has 0 aromatic carbocycles. The van der Waals surface area contributed by atoms with Crippen LogP contribution >= 0.6 is 0 Å². The average molecular weight is 274 g/mol. The third-order valence-electron chi connectivity index (χ3n) is 3.13. The van der Waals surface area contributed by atoms with E-state index in [1.165, 1.54) is 25.7 Å². The van der Waals surface area contributed by atoms with E-state index in [9.17, 15) is 4.79 Å². The fraction of sp³-hybridized carbons (Fsp3) is 0.933. The maximum absolute atomic E-state index is 10.3. The molecule has 0 atom stereocenters. The molecule has 0 aliphatic heterocycles. The number of carbonyl (C=O) groups is 1. The van der Waals surface area contributed by atoms with Crippen molar-refractivity contribution in [2.45, 2.75) is 70.6 Å². The summed E-state index contributed by atoms with van der Waals surface area (Å²) in [5.74, 6) is -0.708. The molecule has 4 heteroatoms. The largest absolute Gasteiger partial charge is 0.481 e. The molecule has 0 saturated heterocycles. The lowest BCUT2D eigenvalue weighted by Gasteiger charge is -2.04. The molecule has 114 valence electrons. The monoisotopic (exact) mass is 274 g/mol. The second-order valence-electron chi connectivity index (χ2n) is 5.02. The molecule has 19 heavy (non-hydrogen) atoms. The van der Waals surface area contributed by atoms with Crippen molar-refractivity contribution in [1.82, 2.24) is 0 Å². The van der Waals surface area contributed by atoms with Crippen molar-refractivity contribution < 1.29 is 19.7 Å². The van der Waals surface area contributed by atoms with Crippen molar-refractivity contribution in [2.24, 2.45) is 0 Å². The highest BCUT2D eigenvalue weighted by Crippen LogP contribution is 2.07. The molecule has 0 fully saturated rings. The van der Waals surface area contributed by atoms with Gasteiger partial charge in [-0.05, 0) is 25.7 Å². The first-order valence-electron chi connectivity index (χ1n) is 7.67. The number of hydrogen-bond acceptors (Lipinski definition) is 3. The first-order chi connectivity index (χ1) is 9.27. The van der Waals surface area contributed by atoms with Crippen LogP contribution < -0.4 is 0 Å². The SMILES string of the molecule is O=C(O)CCCCCOCCCCCCCCCO. The molecule has 0 aromatic rings. The number of unbranched alkanes of at least 4 members (excludes halogenated alkanes) is 8. The van der Waals surface area contributed by atoms with Crippen LogP contribution in [0.4, 0.5) is 0 Å². The Labute approximate surface area is 117 Å². The van der Waals surface area contributed by atoms with Gasteiger partial charge in [0, 0.05) is 26.2 Å². The van der Waals surface area contributed by atoms with E-state index < -0.39 is 5.97 Å². The quantitative estimate of drug-likeness (QED) is 0.449. The van der Waals surface area contributed by atoms with Gasteiger partial charge in [0.2, 0.25) is 0 Å². The van der Waals surface area contributed by atoms with Gasteiger partial charge in [0.1, 0.15) is 0 Å². The fourth-order valence-corrected chi connectivity index (χ4v) is 1.96. The summed E-state index contributed by atoms with van der Waals surface area (Å²) in [6.45, 7) is 1.91. The fourth-order valence-electron chi connectivity index (χ4n) is 1.96. The van der Waals surface area contributed by atoms with Crippen molar-refractivity contribution in [1.29, 1.82) is 0 Å². The third kappa shape index (κ3) is 17.4.